The zero-order valence-corrected chi connectivity index (χ0v) is 25.6. The summed E-state index contributed by atoms with van der Waals surface area (Å²) in [5, 5.41) is 7.51. The molecule has 0 N–H and O–H groups in total. The Hall–Kier alpha value is -6.66. The number of benzene rings is 6. The Morgan fingerprint density at radius 3 is 1.75 bits per heavy atom. The maximum absolute atomic E-state index is 15.3. The first-order valence-corrected chi connectivity index (χ1v) is 15.9. The average molecular weight is 616 g/mol. The van der Waals surface area contributed by atoms with Crippen molar-refractivity contribution >= 4 is 65.3 Å². The normalized spacial score (nSPS) is 11.8. The van der Waals surface area contributed by atoms with E-state index in [1.54, 1.807) is 6.20 Å². The van der Waals surface area contributed by atoms with Crippen LogP contribution >= 0.6 is 0 Å². The van der Waals surface area contributed by atoms with Crippen molar-refractivity contribution in [3.05, 3.63) is 162 Å². The van der Waals surface area contributed by atoms with Gasteiger partial charge in [0.25, 0.3) is 5.56 Å². The maximum atomic E-state index is 15.3. The van der Waals surface area contributed by atoms with Crippen molar-refractivity contribution in [3.63, 3.8) is 0 Å². The Morgan fingerprint density at radius 2 is 1.02 bits per heavy atom. The highest BCUT2D eigenvalue weighted by Gasteiger charge is 2.25. The molecule has 6 aromatic carbocycles. The molecule has 48 heavy (non-hydrogen) atoms. The number of fused-ring (bicyclic) bond motifs is 11. The topological polar surface area (TPSA) is 65.6 Å². The summed E-state index contributed by atoms with van der Waals surface area (Å²) in [4.78, 5) is 30.3. The standard InChI is InChI=1S/C42H25N5O/c48-41-37-35(30-20-9-11-23-33(30)46(41)27-16-5-2-6-17-27)28-18-7-8-19-29(28)36-31-21-10-12-24-34(31)47(39(36)37)42-44-38(26-14-3-1-4-15-26)32-22-13-25-43-40(32)45-42/h1-25H. The third-order valence-corrected chi connectivity index (χ3v) is 9.38. The Kier molecular flexibility index (Phi) is 5.63. The van der Waals surface area contributed by atoms with Crippen LogP contribution in [0.5, 0.6) is 0 Å². The first-order valence-electron chi connectivity index (χ1n) is 15.9. The minimum absolute atomic E-state index is 0.100. The molecule has 0 aliphatic carbocycles. The summed E-state index contributed by atoms with van der Waals surface area (Å²) >= 11 is 0. The molecule has 6 heteroatoms. The largest absolute Gasteiger partial charge is 0.277 e. The number of rotatable bonds is 3. The molecule has 0 fully saturated rings. The monoisotopic (exact) mass is 615 g/mol. The highest BCUT2D eigenvalue weighted by atomic mass is 16.1. The minimum Gasteiger partial charge on any atom is -0.277 e. The van der Waals surface area contributed by atoms with Crippen LogP contribution in [0.25, 0.3) is 88.2 Å². The Balaban J connectivity index is 1.50. The lowest BCUT2D eigenvalue weighted by molar-refractivity contribution is 1.00. The summed E-state index contributed by atoms with van der Waals surface area (Å²) in [6, 6.07) is 48.8. The number of para-hydroxylation sites is 3. The molecule has 0 unspecified atom stereocenters. The van der Waals surface area contributed by atoms with E-state index in [-0.39, 0.29) is 5.56 Å². The zero-order chi connectivity index (χ0) is 31.8. The predicted molar refractivity (Wildman–Crippen MR) is 195 cm³/mol. The molecule has 0 bridgehead atoms. The van der Waals surface area contributed by atoms with Crippen LogP contribution in [0.4, 0.5) is 0 Å². The molecule has 0 amide bonds. The summed E-state index contributed by atoms with van der Waals surface area (Å²) in [6.07, 6.45) is 1.76. The van der Waals surface area contributed by atoms with E-state index in [4.69, 9.17) is 15.0 Å². The van der Waals surface area contributed by atoms with Gasteiger partial charge in [-0.3, -0.25) is 13.9 Å². The van der Waals surface area contributed by atoms with Gasteiger partial charge in [-0.05, 0) is 47.2 Å². The van der Waals surface area contributed by atoms with Gasteiger partial charge in [0.1, 0.15) is 0 Å². The third-order valence-electron chi connectivity index (χ3n) is 9.38. The van der Waals surface area contributed by atoms with Crippen molar-refractivity contribution in [1.82, 2.24) is 24.1 Å². The molecule has 0 atom stereocenters. The highest BCUT2D eigenvalue weighted by Crippen LogP contribution is 2.43. The second kappa shape index (κ2) is 10.2. The van der Waals surface area contributed by atoms with Crippen molar-refractivity contribution in [2.75, 3.05) is 0 Å². The van der Waals surface area contributed by atoms with Crippen LogP contribution in [0.2, 0.25) is 0 Å². The molecule has 0 spiro atoms. The SMILES string of the molecule is O=c1c2c(c3ccccc3c3c4ccccc4n(-c4nc(-c5ccccc5)c5cccnc5n4)c23)c2ccccc2n1-c1ccccc1. The number of hydrogen-bond acceptors (Lipinski definition) is 4. The van der Waals surface area contributed by atoms with Gasteiger partial charge in [0.05, 0.1) is 27.6 Å². The van der Waals surface area contributed by atoms with Gasteiger partial charge in [0, 0.05) is 44.4 Å². The van der Waals surface area contributed by atoms with Gasteiger partial charge in [-0.15, -0.1) is 0 Å². The van der Waals surface area contributed by atoms with Crippen molar-refractivity contribution in [2.24, 2.45) is 0 Å². The van der Waals surface area contributed by atoms with Gasteiger partial charge >= 0.3 is 0 Å². The summed E-state index contributed by atoms with van der Waals surface area (Å²) < 4.78 is 3.91. The quantitative estimate of drug-likeness (QED) is 0.186. The summed E-state index contributed by atoms with van der Waals surface area (Å²) in [6.45, 7) is 0. The predicted octanol–water partition coefficient (Wildman–Crippen LogP) is 9.40. The van der Waals surface area contributed by atoms with E-state index in [0.29, 0.717) is 17.0 Å². The molecule has 6 nitrogen and oxygen atoms in total. The van der Waals surface area contributed by atoms with Gasteiger partial charge < -0.3 is 0 Å². The van der Waals surface area contributed by atoms with Crippen LogP contribution in [-0.2, 0) is 0 Å². The summed E-state index contributed by atoms with van der Waals surface area (Å²) in [5.41, 5.74) is 5.59. The Bertz CT molecular complexity index is 2960. The molecule has 10 rings (SSSR count). The summed E-state index contributed by atoms with van der Waals surface area (Å²) in [7, 11) is 0. The van der Waals surface area contributed by atoms with Gasteiger partial charge in [-0.25, -0.2) is 9.97 Å². The summed E-state index contributed by atoms with van der Waals surface area (Å²) in [5.74, 6) is 0.460. The first-order chi connectivity index (χ1) is 23.8. The second-order valence-electron chi connectivity index (χ2n) is 12.0. The van der Waals surface area contributed by atoms with Crippen molar-refractivity contribution in [1.29, 1.82) is 0 Å². The van der Waals surface area contributed by atoms with Crippen molar-refractivity contribution < 1.29 is 0 Å². The van der Waals surface area contributed by atoms with E-state index < -0.39 is 0 Å². The fraction of sp³-hybridized carbons (Fsp3) is 0. The molecule has 224 valence electrons. The molecule has 4 heterocycles. The number of nitrogens with zero attached hydrogens (tertiary/aromatic N) is 5. The molecule has 10 aromatic rings. The van der Waals surface area contributed by atoms with Gasteiger partial charge in [-0.1, -0.05) is 109 Å². The fourth-order valence-corrected chi connectivity index (χ4v) is 7.42. The second-order valence-corrected chi connectivity index (χ2v) is 12.0. The molecular formula is C42H25N5O. The Morgan fingerprint density at radius 1 is 0.458 bits per heavy atom. The molecule has 0 aliphatic heterocycles. The van der Waals surface area contributed by atoms with Gasteiger partial charge in [-0.2, -0.15) is 4.98 Å². The third kappa shape index (κ3) is 3.68. The van der Waals surface area contributed by atoms with Crippen LogP contribution in [0, 0.1) is 0 Å². The van der Waals surface area contributed by atoms with Crippen LogP contribution in [0.15, 0.2) is 157 Å². The molecule has 4 aromatic heterocycles. The Labute approximate surface area is 273 Å². The van der Waals surface area contributed by atoms with E-state index in [1.807, 2.05) is 95.6 Å². The zero-order valence-electron chi connectivity index (χ0n) is 25.6. The maximum Gasteiger partial charge on any atom is 0.265 e. The lowest BCUT2D eigenvalue weighted by Gasteiger charge is -2.17. The van der Waals surface area contributed by atoms with Crippen molar-refractivity contribution in [2.45, 2.75) is 0 Å². The molecular weight excluding hydrogens is 590 g/mol. The van der Waals surface area contributed by atoms with Gasteiger partial charge in [0.2, 0.25) is 5.95 Å². The fourth-order valence-electron chi connectivity index (χ4n) is 7.42. The van der Waals surface area contributed by atoms with E-state index in [2.05, 4.69) is 59.2 Å². The molecule has 0 aliphatic rings. The number of aromatic nitrogens is 5. The van der Waals surface area contributed by atoms with E-state index >= 15 is 4.79 Å². The lowest BCUT2D eigenvalue weighted by atomic mass is 9.94. The molecule has 0 saturated carbocycles. The smallest absolute Gasteiger partial charge is 0.265 e. The van der Waals surface area contributed by atoms with Crippen LogP contribution < -0.4 is 5.56 Å². The minimum atomic E-state index is -0.100. The van der Waals surface area contributed by atoms with E-state index in [0.717, 1.165) is 71.2 Å². The van der Waals surface area contributed by atoms with E-state index in [9.17, 15) is 0 Å². The van der Waals surface area contributed by atoms with E-state index in [1.165, 1.54) is 0 Å². The molecule has 0 radical (unpaired) electrons. The first kappa shape index (κ1) is 26.5. The number of pyridine rings is 2. The van der Waals surface area contributed by atoms with Gasteiger partial charge in [0.15, 0.2) is 5.65 Å². The van der Waals surface area contributed by atoms with Crippen LogP contribution in [-0.4, -0.2) is 24.1 Å². The van der Waals surface area contributed by atoms with Crippen molar-refractivity contribution in [3.8, 4) is 22.9 Å². The van der Waals surface area contributed by atoms with Crippen LogP contribution in [0.1, 0.15) is 0 Å². The number of hydrogen-bond donors (Lipinski definition) is 0. The average Bonchev–Trinajstić information content (AvgIpc) is 3.50. The van der Waals surface area contributed by atoms with Crippen LogP contribution in [0.3, 0.4) is 0 Å². The lowest BCUT2D eigenvalue weighted by Crippen LogP contribution is -2.20. The molecule has 0 saturated heterocycles. The highest BCUT2D eigenvalue weighted by molar-refractivity contribution is 6.35.